The first-order valence-corrected chi connectivity index (χ1v) is 9.17. The fraction of sp³-hybridized carbons (Fsp3) is 0.381. The van der Waals surface area contributed by atoms with Crippen LogP contribution in [0, 0.1) is 5.82 Å². The smallest absolute Gasteiger partial charge is 0.251 e. The minimum atomic E-state index is -0.333. The van der Waals surface area contributed by atoms with Crippen LogP contribution in [0.5, 0.6) is 0 Å². The summed E-state index contributed by atoms with van der Waals surface area (Å²) in [5.41, 5.74) is 1.52. The SMILES string of the molecule is O=C(NCCCN1CCC(O)CC1)c1ccccc1-c1ccccc1F. The van der Waals surface area contributed by atoms with Gasteiger partial charge in [0.25, 0.3) is 5.91 Å². The molecule has 3 rings (SSSR count). The van der Waals surface area contributed by atoms with Crippen molar-refractivity contribution in [3.05, 3.63) is 59.9 Å². The van der Waals surface area contributed by atoms with Gasteiger partial charge in [-0.2, -0.15) is 0 Å². The van der Waals surface area contributed by atoms with Crippen molar-refractivity contribution in [2.75, 3.05) is 26.2 Å². The molecule has 0 aromatic heterocycles. The van der Waals surface area contributed by atoms with Gasteiger partial charge >= 0.3 is 0 Å². The first-order chi connectivity index (χ1) is 12.6. The first-order valence-electron chi connectivity index (χ1n) is 9.17. The van der Waals surface area contributed by atoms with Crippen LogP contribution in [-0.2, 0) is 0 Å². The van der Waals surface area contributed by atoms with Crippen molar-refractivity contribution < 1.29 is 14.3 Å². The molecular weight excluding hydrogens is 331 g/mol. The normalized spacial score (nSPS) is 15.8. The standard InChI is InChI=1S/C21H25FN2O2/c22-20-9-4-3-7-18(20)17-6-1-2-8-19(17)21(26)23-12-5-13-24-14-10-16(25)11-15-24/h1-4,6-9,16,25H,5,10-15H2,(H,23,26). The summed E-state index contributed by atoms with van der Waals surface area (Å²) in [7, 11) is 0. The highest BCUT2D eigenvalue weighted by molar-refractivity contribution is 6.00. The molecule has 1 amide bonds. The predicted octanol–water partition coefficient (Wildman–Crippen LogP) is 3.07. The molecule has 2 N–H and O–H groups in total. The van der Waals surface area contributed by atoms with Gasteiger partial charge in [0, 0.05) is 30.8 Å². The number of nitrogens with zero attached hydrogens (tertiary/aromatic N) is 1. The molecule has 1 aliphatic rings. The van der Waals surface area contributed by atoms with Gasteiger partial charge in [-0.1, -0.05) is 36.4 Å². The van der Waals surface area contributed by atoms with Crippen LogP contribution in [0.4, 0.5) is 4.39 Å². The highest BCUT2D eigenvalue weighted by atomic mass is 19.1. The van der Waals surface area contributed by atoms with E-state index in [1.807, 2.05) is 6.07 Å². The Labute approximate surface area is 153 Å². The van der Waals surface area contributed by atoms with E-state index in [1.54, 1.807) is 36.4 Å². The van der Waals surface area contributed by atoms with Crippen molar-refractivity contribution in [2.45, 2.75) is 25.4 Å². The molecule has 0 radical (unpaired) electrons. The van der Waals surface area contributed by atoms with Gasteiger partial charge in [0.1, 0.15) is 5.82 Å². The Morgan fingerprint density at radius 3 is 2.46 bits per heavy atom. The molecule has 1 fully saturated rings. The third-order valence-corrected chi connectivity index (χ3v) is 4.83. The number of carbonyl (C=O) groups is 1. The lowest BCUT2D eigenvalue weighted by molar-refractivity contribution is 0.0816. The average molecular weight is 356 g/mol. The molecule has 0 saturated carbocycles. The molecule has 0 bridgehead atoms. The number of piperidine rings is 1. The molecule has 26 heavy (non-hydrogen) atoms. The minimum Gasteiger partial charge on any atom is -0.393 e. The maximum absolute atomic E-state index is 14.1. The van der Waals surface area contributed by atoms with E-state index >= 15 is 0 Å². The molecule has 2 aromatic carbocycles. The number of nitrogens with one attached hydrogen (secondary N) is 1. The van der Waals surface area contributed by atoms with Crippen molar-refractivity contribution >= 4 is 5.91 Å². The third kappa shape index (κ3) is 4.68. The van der Waals surface area contributed by atoms with Crippen molar-refractivity contribution in [2.24, 2.45) is 0 Å². The van der Waals surface area contributed by atoms with Crippen LogP contribution in [0.3, 0.4) is 0 Å². The molecule has 0 atom stereocenters. The Hall–Kier alpha value is -2.24. The van der Waals surface area contributed by atoms with Gasteiger partial charge in [-0.15, -0.1) is 0 Å². The summed E-state index contributed by atoms with van der Waals surface area (Å²) >= 11 is 0. The fourth-order valence-electron chi connectivity index (χ4n) is 3.34. The van der Waals surface area contributed by atoms with E-state index in [9.17, 15) is 14.3 Å². The molecule has 0 aliphatic carbocycles. The molecule has 5 heteroatoms. The van der Waals surface area contributed by atoms with E-state index in [-0.39, 0.29) is 17.8 Å². The summed E-state index contributed by atoms with van der Waals surface area (Å²) < 4.78 is 14.1. The van der Waals surface area contributed by atoms with Crippen molar-refractivity contribution in [1.29, 1.82) is 0 Å². The number of likely N-dealkylation sites (tertiary alicyclic amines) is 1. The zero-order chi connectivity index (χ0) is 18.4. The number of hydrogen-bond acceptors (Lipinski definition) is 3. The van der Waals surface area contributed by atoms with Gasteiger partial charge in [-0.25, -0.2) is 4.39 Å². The van der Waals surface area contributed by atoms with Crippen LogP contribution in [-0.4, -0.2) is 48.2 Å². The fourth-order valence-corrected chi connectivity index (χ4v) is 3.34. The van der Waals surface area contributed by atoms with E-state index in [1.165, 1.54) is 6.07 Å². The second-order valence-corrected chi connectivity index (χ2v) is 6.71. The molecule has 138 valence electrons. The zero-order valence-electron chi connectivity index (χ0n) is 14.8. The molecule has 0 spiro atoms. The number of benzene rings is 2. The molecule has 2 aromatic rings. The first kappa shape index (κ1) is 18.5. The monoisotopic (exact) mass is 356 g/mol. The summed E-state index contributed by atoms with van der Waals surface area (Å²) in [6.45, 7) is 3.29. The molecular formula is C21H25FN2O2. The van der Waals surface area contributed by atoms with Crippen LogP contribution in [0.25, 0.3) is 11.1 Å². The quantitative estimate of drug-likeness (QED) is 0.782. The summed E-state index contributed by atoms with van der Waals surface area (Å²) in [6, 6.07) is 13.6. The van der Waals surface area contributed by atoms with Crippen molar-refractivity contribution in [3.63, 3.8) is 0 Å². The summed E-state index contributed by atoms with van der Waals surface area (Å²) in [5.74, 6) is -0.516. The van der Waals surface area contributed by atoms with Crippen LogP contribution >= 0.6 is 0 Å². The number of aliphatic hydroxyl groups excluding tert-OH is 1. The highest BCUT2D eigenvalue weighted by Crippen LogP contribution is 2.26. The topological polar surface area (TPSA) is 52.6 Å². The third-order valence-electron chi connectivity index (χ3n) is 4.83. The van der Waals surface area contributed by atoms with Gasteiger partial charge < -0.3 is 15.3 Å². The number of rotatable bonds is 6. The van der Waals surface area contributed by atoms with Gasteiger partial charge in [0.2, 0.25) is 0 Å². The van der Waals surface area contributed by atoms with Gasteiger partial charge in [0.05, 0.1) is 6.10 Å². The van der Waals surface area contributed by atoms with Crippen LogP contribution in [0.15, 0.2) is 48.5 Å². The Kier molecular flexibility index (Phi) is 6.36. The number of amides is 1. The van der Waals surface area contributed by atoms with E-state index < -0.39 is 0 Å². The molecule has 1 heterocycles. The van der Waals surface area contributed by atoms with E-state index in [4.69, 9.17) is 0 Å². The summed E-state index contributed by atoms with van der Waals surface area (Å²) in [4.78, 5) is 14.9. The Balaban J connectivity index is 1.56. The molecule has 1 saturated heterocycles. The van der Waals surface area contributed by atoms with Gasteiger partial charge in [-0.05, 0) is 43.5 Å². The van der Waals surface area contributed by atoms with Crippen molar-refractivity contribution in [1.82, 2.24) is 10.2 Å². The second-order valence-electron chi connectivity index (χ2n) is 6.71. The second kappa shape index (κ2) is 8.92. The van der Waals surface area contributed by atoms with Gasteiger partial charge in [-0.3, -0.25) is 4.79 Å². The Morgan fingerprint density at radius 1 is 1.08 bits per heavy atom. The number of aliphatic hydroxyl groups is 1. The largest absolute Gasteiger partial charge is 0.393 e. The lowest BCUT2D eigenvalue weighted by Gasteiger charge is -2.29. The molecule has 4 nitrogen and oxygen atoms in total. The predicted molar refractivity (Wildman–Crippen MR) is 100 cm³/mol. The summed E-state index contributed by atoms with van der Waals surface area (Å²) in [5, 5.41) is 12.5. The number of carbonyl (C=O) groups excluding carboxylic acids is 1. The van der Waals surface area contributed by atoms with Crippen LogP contribution < -0.4 is 5.32 Å². The average Bonchev–Trinajstić information content (AvgIpc) is 2.67. The summed E-state index contributed by atoms with van der Waals surface area (Å²) in [6.07, 6.45) is 2.33. The Bertz CT molecular complexity index is 742. The van der Waals surface area contributed by atoms with Crippen LogP contribution in [0.1, 0.15) is 29.6 Å². The molecule has 1 aliphatic heterocycles. The lowest BCUT2D eigenvalue weighted by atomic mass is 9.98. The van der Waals surface area contributed by atoms with Crippen LogP contribution in [0.2, 0.25) is 0 Å². The Morgan fingerprint density at radius 2 is 1.73 bits per heavy atom. The number of halogens is 1. The van der Waals surface area contributed by atoms with E-state index in [2.05, 4.69) is 10.2 Å². The highest BCUT2D eigenvalue weighted by Gasteiger charge is 2.17. The van der Waals surface area contributed by atoms with Gasteiger partial charge in [0.15, 0.2) is 0 Å². The lowest BCUT2D eigenvalue weighted by Crippen LogP contribution is -2.37. The zero-order valence-corrected chi connectivity index (χ0v) is 14.8. The van der Waals surface area contributed by atoms with E-state index in [0.717, 1.165) is 38.9 Å². The van der Waals surface area contributed by atoms with Crippen molar-refractivity contribution in [3.8, 4) is 11.1 Å². The van der Waals surface area contributed by atoms with E-state index in [0.29, 0.717) is 23.2 Å². The number of hydrogen-bond donors (Lipinski definition) is 2. The minimum absolute atomic E-state index is 0.166. The maximum atomic E-state index is 14.1. The maximum Gasteiger partial charge on any atom is 0.251 e. The molecule has 0 unspecified atom stereocenters.